The van der Waals surface area contributed by atoms with Gasteiger partial charge in [-0.05, 0) is 37.1 Å². The number of likely N-dealkylation sites (tertiary alicyclic amines) is 1. The van der Waals surface area contributed by atoms with Crippen molar-refractivity contribution in [2.24, 2.45) is 5.73 Å². The van der Waals surface area contributed by atoms with Crippen LogP contribution in [0, 0.1) is 11.8 Å². The van der Waals surface area contributed by atoms with Crippen LogP contribution in [0.4, 0.5) is 0 Å². The third kappa shape index (κ3) is 4.11. The minimum Gasteiger partial charge on any atom is -0.339 e. The molecule has 1 aromatic carbocycles. The van der Waals surface area contributed by atoms with E-state index in [1.54, 1.807) is 0 Å². The van der Waals surface area contributed by atoms with E-state index in [1.807, 2.05) is 29.2 Å². The highest BCUT2D eigenvalue weighted by atomic mass is 16.2. The summed E-state index contributed by atoms with van der Waals surface area (Å²) in [4.78, 5) is 14.4. The third-order valence-corrected chi connectivity index (χ3v) is 3.61. The van der Waals surface area contributed by atoms with E-state index in [0.717, 1.165) is 37.1 Å². The van der Waals surface area contributed by atoms with Crippen LogP contribution in [0.5, 0.6) is 0 Å². The molecular formula is C17H22N2O. The Morgan fingerprint density at radius 3 is 2.25 bits per heavy atom. The molecule has 3 heteroatoms. The van der Waals surface area contributed by atoms with Crippen molar-refractivity contribution in [3.05, 3.63) is 35.4 Å². The van der Waals surface area contributed by atoms with Crippen molar-refractivity contribution in [1.82, 2.24) is 4.90 Å². The zero-order chi connectivity index (χ0) is 14.2. The second-order valence-corrected chi connectivity index (χ2v) is 5.14. The Hall–Kier alpha value is -1.79. The number of carbonyl (C=O) groups is 1. The van der Waals surface area contributed by atoms with Gasteiger partial charge in [-0.25, -0.2) is 0 Å². The molecule has 20 heavy (non-hydrogen) atoms. The molecule has 1 fully saturated rings. The molecule has 1 aromatic rings. The summed E-state index contributed by atoms with van der Waals surface area (Å²) in [6.45, 7) is 2.12. The molecule has 0 saturated carbocycles. The monoisotopic (exact) mass is 270 g/mol. The molecule has 2 N–H and O–H groups in total. The highest BCUT2D eigenvalue weighted by Gasteiger charge is 2.16. The zero-order valence-corrected chi connectivity index (χ0v) is 11.9. The number of nitrogens with zero attached hydrogens (tertiary/aromatic N) is 1. The van der Waals surface area contributed by atoms with Crippen LogP contribution >= 0.6 is 0 Å². The van der Waals surface area contributed by atoms with Crippen molar-refractivity contribution in [2.75, 3.05) is 19.6 Å². The summed E-state index contributed by atoms with van der Waals surface area (Å²) in [6.07, 6.45) is 6.00. The fourth-order valence-electron chi connectivity index (χ4n) is 2.48. The van der Waals surface area contributed by atoms with Crippen LogP contribution in [-0.4, -0.2) is 30.4 Å². The molecule has 0 aliphatic carbocycles. The smallest absolute Gasteiger partial charge is 0.253 e. The Labute approximate surface area is 121 Å². The number of hydrogen-bond donors (Lipinski definition) is 1. The first-order valence-electron chi connectivity index (χ1n) is 7.39. The second-order valence-electron chi connectivity index (χ2n) is 5.14. The third-order valence-electron chi connectivity index (χ3n) is 3.61. The Morgan fingerprint density at radius 1 is 1.05 bits per heavy atom. The van der Waals surface area contributed by atoms with E-state index in [2.05, 4.69) is 11.8 Å². The molecular weight excluding hydrogens is 248 g/mol. The average Bonchev–Trinajstić information content (AvgIpc) is 2.45. The molecule has 1 aliphatic rings. The Bertz CT molecular complexity index is 488. The lowest BCUT2D eigenvalue weighted by Gasteiger charge is -2.24. The van der Waals surface area contributed by atoms with E-state index in [9.17, 15) is 4.79 Å². The van der Waals surface area contributed by atoms with E-state index in [0.29, 0.717) is 6.54 Å². The molecule has 0 spiro atoms. The summed E-state index contributed by atoms with van der Waals surface area (Å²) in [7, 11) is 0. The van der Waals surface area contributed by atoms with Crippen molar-refractivity contribution in [2.45, 2.75) is 32.1 Å². The molecule has 1 aliphatic heterocycles. The maximum Gasteiger partial charge on any atom is 0.253 e. The fourth-order valence-corrected chi connectivity index (χ4v) is 2.48. The van der Waals surface area contributed by atoms with Crippen LogP contribution in [0.3, 0.4) is 0 Å². The molecule has 0 radical (unpaired) electrons. The van der Waals surface area contributed by atoms with E-state index < -0.39 is 0 Å². The number of rotatable bonds is 1. The Morgan fingerprint density at radius 2 is 1.65 bits per heavy atom. The predicted molar refractivity (Wildman–Crippen MR) is 81.4 cm³/mol. The largest absolute Gasteiger partial charge is 0.339 e. The maximum atomic E-state index is 12.5. The van der Waals surface area contributed by atoms with Gasteiger partial charge in [0.1, 0.15) is 0 Å². The minimum absolute atomic E-state index is 0.144. The number of carbonyl (C=O) groups excluding carboxylic acids is 1. The van der Waals surface area contributed by atoms with Crippen LogP contribution in [0.25, 0.3) is 0 Å². The van der Waals surface area contributed by atoms with Crippen LogP contribution in [-0.2, 0) is 0 Å². The molecule has 1 saturated heterocycles. The van der Waals surface area contributed by atoms with Gasteiger partial charge < -0.3 is 10.6 Å². The van der Waals surface area contributed by atoms with Gasteiger partial charge in [-0.3, -0.25) is 4.79 Å². The zero-order valence-electron chi connectivity index (χ0n) is 11.9. The number of amides is 1. The molecule has 0 atom stereocenters. The van der Waals surface area contributed by atoms with E-state index in [4.69, 9.17) is 5.73 Å². The minimum atomic E-state index is 0.144. The summed E-state index contributed by atoms with van der Waals surface area (Å²) in [6, 6.07) is 7.50. The van der Waals surface area contributed by atoms with E-state index >= 15 is 0 Å². The molecule has 1 amide bonds. The highest BCUT2D eigenvalue weighted by molar-refractivity contribution is 5.94. The van der Waals surface area contributed by atoms with E-state index in [-0.39, 0.29) is 5.91 Å². The Kier molecular flexibility index (Phi) is 5.64. The summed E-state index contributed by atoms with van der Waals surface area (Å²) < 4.78 is 0. The van der Waals surface area contributed by atoms with Crippen LogP contribution in [0.15, 0.2) is 24.3 Å². The maximum absolute atomic E-state index is 12.5. The number of benzene rings is 1. The summed E-state index contributed by atoms with van der Waals surface area (Å²) >= 11 is 0. The van der Waals surface area contributed by atoms with Gasteiger partial charge in [0.15, 0.2) is 0 Å². The van der Waals surface area contributed by atoms with Gasteiger partial charge in [-0.2, -0.15) is 0 Å². The number of hydrogen-bond acceptors (Lipinski definition) is 2. The van der Waals surface area contributed by atoms with Gasteiger partial charge in [-0.1, -0.05) is 31.1 Å². The van der Waals surface area contributed by atoms with Gasteiger partial charge in [0.25, 0.3) is 5.91 Å². The lowest BCUT2D eigenvalue weighted by molar-refractivity contribution is 0.0742. The molecule has 0 bridgehead atoms. The first-order chi connectivity index (χ1) is 9.81. The van der Waals surface area contributed by atoms with Crippen molar-refractivity contribution >= 4 is 5.91 Å². The van der Waals surface area contributed by atoms with Crippen molar-refractivity contribution in [3.8, 4) is 11.8 Å². The normalized spacial score (nSPS) is 15.8. The second kappa shape index (κ2) is 7.72. The Balaban J connectivity index is 2.03. The molecule has 0 unspecified atom stereocenters. The molecule has 0 aromatic heterocycles. The van der Waals surface area contributed by atoms with Gasteiger partial charge in [-0.15, -0.1) is 0 Å². The van der Waals surface area contributed by atoms with Crippen LogP contribution in [0.2, 0.25) is 0 Å². The predicted octanol–water partition coefficient (Wildman–Crippen LogP) is 2.40. The molecule has 1 heterocycles. The van der Waals surface area contributed by atoms with Crippen molar-refractivity contribution < 1.29 is 4.79 Å². The van der Waals surface area contributed by atoms with Gasteiger partial charge in [0, 0.05) is 24.2 Å². The molecule has 106 valence electrons. The first kappa shape index (κ1) is 14.6. The van der Waals surface area contributed by atoms with Gasteiger partial charge in [0.2, 0.25) is 0 Å². The number of nitrogens with two attached hydrogens (primary N) is 1. The quantitative estimate of drug-likeness (QED) is 0.797. The summed E-state index contributed by atoms with van der Waals surface area (Å²) in [5, 5.41) is 0. The molecule has 2 rings (SSSR count). The summed E-state index contributed by atoms with van der Waals surface area (Å²) in [5.41, 5.74) is 7.00. The first-order valence-corrected chi connectivity index (χ1v) is 7.39. The average molecular weight is 270 g/mol. The highest BCUT2D eigenvalue weighted by Crippen LogP contribution is 2.14. The van der Waals surface area contributed by atoms with Crippen molar-refractivity contribution in [1.29, 1.82) is 0 Å². The van der Waals surface area contributed by atoms with Gasteiger partial charge in [0.05, 0.1) is 6.54 Å². The lowest BCUT2D eigenvalue weighted by Crippen LogP contribution is -2.33. The van der Waals surface area contributed by atoms with Crippen LogP contribution in [0.1, 0.15) is 48.0 Å². The van der Waals surface area contributed by atoms with Crippen molar-refractivity contribution in [3.63, 3.8) is 0 Å². The topological polar surface area (TPSA) is 46.3 Å². The van der Waals surface area contributed by atoms with Gasteiger partial charge >= 0.3 is 0 Å². The van der Waals surface area contributed by atoms with E-state index in [1.165, 1.54) is 19.3 Å². The SMILES string of the molecule is NCC#Cc1ccc(C(=O)N2CCCCCCC2)cc1. The standard InChI is InChI=1S/C17H22N2O/c18-12-6-7-15-8-10-16(11-9-15)17(20)19-13-4-2-1-3-5-14-19/h8-11H,1-5,12-14,18H2. The fraction of sp³-hybridized carbons (Fsp3) is 0.471. The summed E-state index contributed by atoms with van der Waals surface area (Å²) in [5.74, 6) is 5.93. The van der Waals surface area contributed by atoms with Crippen LogP contribution < -0.4 is 5.73 Å². The lowest BCUT2D eigenvalue weighted by atomic mass is 10.1. The molecule has 3 nitrogen and oxygen atoms in total.